The second-order valence-electron chi connectivity index (χ2n) is 6.34. The van der Waals surface area contributed by atoms with Crippen LogP contribution in [0.3, 0.4) is 0 Å². The molecule has 1 N–H and O–H groups in total. The SMILES string of the molecule is CCC(CC)C(=O)NCCS(=O)(=O)N1CCN(c2ccccc2)CC1. The van der Waals surface area contributed by atoms with Gasteiger partial charge in [-0.1, -0.05) is 32.0 Å². The van der Waals surface area contributed by atoms with Gasteiger partial charge in [-0.05, 0) is 25.0 Å². The molecule has 0 saturated carbocycles. The molecule has 1 aliphatic rings. The summed E-state index contributed by atoms with van der Waals surface area (Å²) in [6.07, 6.45) is 1.55. The van der Waals surface area contributed by atoms with Gasteiger partial charge in [-0.3, -0.25) is 4.79 Å². The van der Waals surface area contributed by atoms with Gasteiger partial charge in [-0.25, -0.2) is 8.42 Å². The number of rotatable bonds is 8. The Kier molecular flexibility index (Phi) is 7.25. The summed E-state index contributed by atoms with van der Waals surface area (Å²) < 4.78 is 26.5. The fourth-order valence-electron chi connectivity index (χ4n) is 3.10. The fourth-order valence-corrected chi connectivity index (χ4v) is 4.44. The van der Waals surface area contributed by atoms with Gasteiger partial charge in [0.25, 0.3) is 0 Å². The average molecular weight is 368 g/mol. The van der Waals surface area contributed by atoms with Gasteiger partial charge in [-0.15, -0.1) is 0 Å². The molecule has 1 aromatic rings. The van der Waals surface area contributed by atoms with Crippen LogP contribution in [0.5, 0.6) is 0 Å². The third kappa shape index (κ3) is 5.44. The zero-order valence-corrected chi connectivity index (χ0v) is 16.0. The molecule has 0 radical (unpaired) electrons. The van der Waals surface area contributed by atoms with Gasteiger partial charge in [0, 0.05) is 44.3 Å². The normalized spacial score (nSPS) is 16.2. The van der Waals surface area contributed by atoms with E-state index in [2.05, 4.69) is 10.2 Å². The lowest BCUT2D eigenvalue weighted by molar-refractivity contribution is -0.125. The smallest absolute Gasteiger partial charge is 0.223 e. The number of benzene rings is 1. The molecule has 0 bridgehead atoms. The maximum Gasteiger partial charge on any atom is 0.223 e. The zero-order chi connectivity index (χ0) is 18.3. The van der Waals surface area contributed by atoms with Crippen molar-refractivity contribution in [3.05, 3.63) is 30.3 Å². The van der Waals surface area contributed by atoms with E-state index in [0.29, 0.717) is 26.2 Å². The van der Waals surface area contributed by atoms with E-state index in [4.69, 9.17) is 0 Å². The van der Waals surface area contributed by atoms with Crippen LogP contribution in [0.4, 0.5) is 5.69 Å². The maximum atomic E-state index is 12.5. The van der Waals surface area contributed by atoms with Gasteiger partial charge in [0.05, 0.1) is 5.75 Å². The molecule has 1 saturated heterocycles. The Bertz CT molecular complexity index is 637. The van der Waals surface area contributed by atoms with Crippen LogP contribution < -0.4 is 10.2 Å². The number of para-hydroxylation sites is 1. The summed E-state index contributed by atoms with van der Waals surface area (Å²) in [5.74, 6) is -0.115. The van der Waals surface area contributed by atoms with Crippen LogP contribution in [0, 0.1) is 5.92 Å². The van der Waals surface area contributed by atoms with Crippen molar-refractivity contribution < 1.29 is 13.2 Å². The second-order valence-corrected chi connectivity index (χ2v) is 8.43. The molecule has 6 nitrogen and oxygen atoms in total. The molecule has 1 aliphatic heterocycles. The summed E-state index contributed by atoms with van der Waals surface area (Å²) >= 11 is 0. The van der Waals surface area contributed by atoms with E-state index in [9.17, 15) is 13.2 Å². The van der Waals surface area contributed by atoms with E-state index in [1.54, 1.807) is 0 Å². The van der Waals surface area contributed by atoms with Gasteiger partial charge in [0.15, 0.2) is 0 Å². The third-order valence-corrected chi connectivity index (χ3v) is 6.64. The third-order valence-electron chi connectivity index (χ3n) is 4.77. The number of anilines is 1. The summed E-state index contributed by atoms with van der Waals surface area (Å²) in [6, 6.07) is 10.0. The molecule has 1 fully saturated rings. The number of sulfonamides is 1. The van der Waals surface area contributed by atoms with Gasteiger partial charge < -0.3 is 10.2 Å². The highest BCUT2D eigenvalue weighted by molar-refractivity contribution is 7.89. The van der Waals surface area contributed by atoms with E-state index in [-0.39, 0.29) is 24.1 Å². The topological polar surface area (TPSA) is 69.7 Å². The van der Waals surface area contributed by atoms with Crippen LogP contribution in [0.15, 0.2) is 30.3 Å². The van der Waals surface area contributed by atoms with Crippen molar-refractivity contribution in [2.75, 3.05) is 43.4 Å². The summed E-state index contributed by atoms with van der Waals surface area (Å²) in [7, 11) is -3.33. The predicted octanol–water partition coefficient (Wildman–Crippen LogP) is 1.69. The zero-order valence-electron chi connectivity index (χ0n) is 15.1. The highest BCUT2D eigenvalue weighted by atomic mass is 32.2. The monoisotopic (exact) mass is 367 g/mol. The minimum absolute atomic E-state index is 0.0304. The van der Waals surface area contributed by atoms with Crippen LogP contribution >= 0.6 is 0 Å². The van der Waals surface area contributed by atoms with Crippen molar-refractivity contribution in [2.45, 2.75) is 26.7 Å². The first-order chi connectivity index (χ1) is 12.0. The molecule has 7 heteroatoms. The Morgan fingerprint density at radius 1 is 1.08 bits per heavy atom. The number of carbonyl (C=O) groups is 1. The van der Waals surface area contributed by atoms with Crippen LogP contribution in [-0.4, -0.2) is 57.1 Å². The largest absolute Gasteiger partial charge is 0.369 e. The standard InChI is InChI=1S/C18H29N3O3S/c1-3-16(4-2)18(22)19-10-15-25(23,24)21-13-11-20(12-14-21)17-8-6-5-7-9-17/h5-9,16H,3-4,10-15H2,1-2H3,(H,19,22). The van der Waals surface area contributed by atoms with Gasteiger partial charge in [0.1, 0.15) is 0 Å². The van der Waals surface area contributed by atoms with Crippen molar-refractivity contribution in [3.63, 3.8) is 0 Å². The van der Waals surface area contributed by atoms with E-state index in [1.165, 1.54) is 4.31 Å². The first kappa shape index (κ1) is 19.7. The Balaban J connectivity index is 1.80. The van der Waals surface area contributed by atoms with Crippen molar-refractivity contribution in [1.29, 1.82) is 0 Å². The number of hydrogen-bond donors (Lipinski definition) is 1. The quantitative estimate of drug-likeness (QED) is 0.759. The number of nitrogens with zero attached hydrogens (tertiary/aromatic N) is 2. The van der Waals surface area contributed by atoms with E-state index in [0.717, 1.165) is 18.5 Å². The molecule has 0 aliphatic carbocycles. The number of nitrogens with one attached hydrogen (secondary N) is 1. The highest BCUT2D eigenvalue weighted by Gasteiger charge is 2.27. The summed E-state index contributed by atoms with van der Waals surface area (Å²) in [6.45, 7) is 6.45. The molecular weight excluding hydrogens is 338 g/mol. The molecule has 1 heterocycles. The molecule has 0 atom stereocenters. The number of hydrogen-bond acceptors (Lipinski definition) is 4. The van der Waals surface area contributed by atoms with Crippen LogP contribution in [0.2, 0.25) is 0 Å². The van der Waals surface area contributed by atoms with Crippen molar-refractivity contribution >= 4 is 21.6 Å². The minimum atomic E-state index is -3.33. The van der Waals surface area contributed by atoms with Gasteiger partial charge >= 0.3 is 0 Å². The van der Waals surface area contributed by atoms with Gasteiger partial charge in [0.2, 0.25) is 15.9 Å². The van der Waals surface area contributed by atoms with Crippen molar-refractivity contribution in [3.8, 4) is 0 Å². The van der Waals surface area contributed by atoms with Gasteiger partial charge in [-0.2, -0.15) is 4.31 Å². The Hall–Kier alpha value is -1.60. The molecule has 0 unspecified atom stereocenters. The Labute approximate surface area is 151 Å². The van der Waals surface area contributed by atoms with E-state index >= 15 is 0 Å². The number of piperazine rings is 1. The van der Waals surface area contributed by atoms with Crippen molar-refractivity contribution in [1.82, 2.24) is 9.62 Å². The highest BCUT2D eigenvalue weighted by Crippen LogP contribution is 2.17. The minimum Gasteiger partial charge on any atom is -0.369 e. The van der Waals surface area contributed by atoms with Crippen molar-refractivity contribution in [2.24, 2.45) is 5.92 Å². The lowest BCUT2D eigenvalue weighted by Crippen LogP contribution is -2.50. The second kappa shape index (κ2) is 9.20. The van der Waals surface area contributed by atoms with E-state index < -0.39 is 10.0 Å². The molecule has 25 heavy (non-hydrogen) atoms. The first-order valence-corrected chi connectivity index (χ1v) is 10.6. The predicted molar refractivity (Wildman–Crippen MR) is 101 cm³/mol. The van der Waals surface area contributed by atoms with E-state index in [1.807, 2.05) is 44.2 Å². The molecule has 2 rings (SSSR count). The Morgan fingerprint density at radius 2 is 1.68 bits per heavy atom. The maximum absolute atomic E-state index is 12.5. The number of carbonyl (C=O) groups excluding carboxylic acids is 1. The molecule has 1 aromatic carbocycles. The summed E-state index contributed by atoms with van der Waals surface area (Å²) in [5, 5.41) is 2.76. The fraction of sp³-hybridized carbons (Fsp3) is 0.611. The summed E-state index contributed by atoms with van der Waals surface area (Å²) in [5.41, 5.74) is 1.12. The first-order valence-electron chi connectivity index (χ1n) is 9.03. The molecular formula is C18H29N3O3S. The van der Waals surface area contributed by atoms with Crippen LogP contribution in [0.1, 0.15) is 26.7 Å². The molecule has 140 valence electrons. The summed E-state index contributed by atoms with van der Waals surface area (Å²) in [4.78, 5) is 14.1. The lowest BCUT2D eigenvalue weighted by Gasteiger charge is -2.35. The Morgan fingerprint density at radius 3 is 2.24 bits per heavy atom. The molecule has 1 amide bonds. The average Bonchev–Trinajstić information content (AvgIpc) is 2.63. The lowest BCUT2D eigenvalue weighted by atomic mass is 10.0. The van der Waals surface area contributed by atoms with Crippen LogP contribution in [0.25, 0.3) is 0 Å². The van der Waals surface area contributed by atoms with Crippen LogP contribution in [-0.2, 0) is 14.8 Å². The molecule has 0 spiro atoms. The molecule has 0 aromatic heterocycles. The number of amides is 1.